The van der Waals surface area contributed by atoms with Crippen LogP contribution in [-0.4, -0.2) is 13.2 Å². The van der Waals surface area contributed by atoms with E-state index in [9.17, 15) is 0 Å². The molecule has 0 amide bonds. The maximum absolute atomic E-state index is 5.80. The van der Waals surface area contributed by atoms with Crippen molar-refractivity contribution in [3.05, 3.63) is 65.7 Å². The first-order chi connectivity index (χ1) is 9.38. The summed E-state index contributed by atoms with van der Waals surface area (Å²) >= 11 is 0. The Morgan fingerprint density at radius 3 is 2.53 bits per heavy atom. The van der Waals surface area contributed by atoms with Crippen LogP contribution >= 0.6 is 0 Å². The maximum atomic E-state index is 5.80. The van der Waals surface area contributed by atoms with Crippen molar-refractivity contribution in [2.45, 2.75) is 19.9 Å². The van der Waals surface area contributed by atoms with Gasteiger partial charge in [0, 0.05) is 13.0 Å². The van der Waals surface area contributed by atoms with Crippen molar-refractivity contribution in [1.82, 2.24) is 5.32 Å². The smallest absolute Gasteiger partial charge is 0.119 e. The van der Waals surface area contributed by atoms with Gasteiger partial charge in [0.05, 0.1) is 6.61 Å². The second-order valence-corrected chi connectivity index (χ2v) is 4.51. The van der Waals surface area contributed by atoms with Gasteiger partial charge in [0.25, 0.3) is 0 Å². The number of benzene rings is 2. The molecule has 0 aliphatic heterocycles. The second-order valence-electron chi connectivity index (χ2n) is 4.51. The van der Waals surface area contributed by atoms with Gasteiger partial charge in [-0.05, 0) is 29.8 Å². The van der Waals surface area contributed by atoms with Crippen molar-refractivity contribution in [2.24, 2.45) is 0 Å². The summed E-state index contributed by atoms with van der Waals surface area (Å²) in [6, 6.07) is 18.7. The molecule has 19 heavy (non-hydrogen) atoms. The predicted octanol–water partition coefficient (Wildman–Crippen LogP) is 3.42. The summed E-state index contributed by atoms with van der Waals surface area (Å²) in [6.07, 6.45) is 0.943. The summed E-state index contributed by atoms with van der Waals surface area (Å²) in [5, 5.41) is 3.32. The number of hydrogen-bond acceptors (Lipinski definition) is 2. The molecular formula is C17H21NO. The Balaban J connectivity index is 1.82. The topological polar surface area (TPSA) is 21.3 Å². The van der Waals surface area contributed by atoms with E-state index in [1.165, 1.54) is 11.1 Å². The lowest BCUT2D eigenvalue weighted by Crippen LogP contribution is -2.11. The standard InChI is InChI=1S/C17H21NO/c1-2-18-14-16-9-6-10-17(13-16)19-12-11-15-7-4-3-5-8-15/h3-10,13,18H,2,11-12,14H2,1H3. The number of rotatable bonds is 7. The highest BCUT2D eigenvalue weighted by Crippen LogP contribution is 2.13. The van der Waals surface area contributed by atoms with Gasteiger partial charge in [-0.3, -0.25) is 0 Å². The summed E-state index contributed by atoms with van der Waals surface area (Å²) in [7, 11) is 0. The summed E-state index contributed by atoms with van der Waals surface area (Å²) in [6.45, 7) is 4.71. The van der Waals surface area contributed by atoms with Gasteiger partial charge >= 0.3 is 0 Å². The molecule has 2 aromatic carbocycles. The minimum atomic E-state index is 0.717. The van der Waals surface area contributed by atoms with E-state index < -0.39 is 0 Å². The Labute approximate surface area is 115 Å². The van der Waals surface area contributed by atoms with Crippen LogP contribution in [0.1, 0.15) is 18.1 Å². The molecule has 0 aromatic heterocycles. The van der Waals surface area contributed by atoms with Crippen molar-refractivity contribution in [2.75, 3.05) is 13.2 Å². The van der Waals surface area contributed by atoms with E-state index in [1.807, 2.05) is 18.2 Å². The number of hydrogen-bond donors (Lipinski definition) is 1. The van der Waals surface area contributed by atoms with Crippen LogP contribution in [0, 0.1) is 0 Å². The Morgan fingerprint density at radius 2 is 1.74 bits per heavy atom. The molecule has 2 aromatic rings. The van der Waals surface area contributed by atoms with Gasteiger partial charge in [-0.2, -0.15) is 0 Å². The lowest BCUT2D eigenvalue weighted by atomic mass is 10.2. The van der Waals surface area contributed by atoms with Crippen LogP contribution in [0.5, 0.6) is 5.75 Å². The van der Waals surface area contributed by atoms with Crippen molar-refractivity contribution < 1.29 is 4.74 Å². The van der Waals surface area contributed by atoms with Gasteiger partial charge in [-0.15, -0.1) is 0 Å². The first-order valence-corrected chi connectivity index (χ1v) is 6.85. The molecule has 0 unspecified atom stereocenters. The Kier molecular flexibility index (Phi) is 5.45. The summed E-state index contributed by atoms with van der Waals surface area (Å²) in [5.41, 5.74) is 2.57. The van der Waals surface area contributed by atoms with Crippen molar-refractivity contribution >= 4 is 0 Å². The molecule has 0 atom stereocenters. The van der Waals surface area contributed by atoms with E-state index in [2.05, 4.69) is 48.6 Å². The zero-order valence-corrected chi connectivity index (χ0v) is 11.4. The molecule has 0 fully saturated rings. The third-order valence-corrected chi connectivity index (χ3v) is 2.98. The molecule has 1 N–H and O–H groups in total. The van der Waals surface area contributed by atoms with E-state index in [0.29, 0.717) is 6.61 Å². The molecule has 0 aliphatic rings. The highest BCUT2D eigenvalue weighted by molar-refractivity contribution is 5.28. The molecular weight excluding hydrogens is 234 g/mol. The Hall–Kier alpha value is -1.80. The van der Waals surface area contributed by atoms with Gasteiger partial charge < -0.3 is 10.1 Å². The molecule has 100 valence electrons. The molecule has 0 radical (unpaired) electrons. The molecule has 2 heteroatoms. The van der Waals surface area contributed by atoms with E-state index in [1.54, 1.807) is 0 Å². The molecule has 0 aliphatic carbocycles. The minimum absolute atomic E-state index is 0.717. The number of nitrogens with one attached hydrogen (secondary N) is 1. The van der Waals surface area contributed by atoms with Crippen molar-refractivity contribution in [1.29, 1.82) is 0 Å². The van der Waals surface area contributed by atoms with E-state index in [0.717, 1.165) is 25.3 Å². The fourth-order valence-corrected chi connectivity index (χ4v) is 1.95. The van der Waals surface area contributed by atoms with Crippen LogP contribution in [0.4, 0.5) is 0 Å². The van der Waals surface area contributed by atoms with Crippen LogP contribution < -0.4 is 10.1 Å². The molecule has 0 saturated heterocycles. The van der Waals surface area contributed by atoms with Gasteiger partial charge in [-0.1, -0.05) is 49.4 Å². The van der Waals surface area contributed by atoms with Crippen LogP contribution in [0.25, 0.3) is 0 Å². The minimum Gasteiger partial charge on any atom is -0.493 e. The summed E-state index contributed by atoms with van der Waals surface area (Å²) in [4.78, 5) is 0. The second kappa shape index (κ2) is 7.59. The summed E-state index contributed by atoms with van der Waals surface area (Å²) < 4.78 is 5.80. The van der Waals surface area contributed by atoms with Gasteiger partial charge in [0.15, 0.2) is 0 Å². The first kappa shape index (κ1) is 13.6. The molecule has 0 saturated carbocycles. The highest BCUT2D eigenvalue weighted by Gasteiger charge is 1.97. The predicted molar refractivity (Wildman–Crippen MR) is 79.5 cm³/mol. The average molecular weight is 255 g/mol. The van der Waals surface area contributed by atoms with Gasteiger partial charge in [-0.25, -0.2) is 0 Å². The molecule has 0 spiro atoms. The lowest BCUT2D eigenvalue weighted by molar-refractivity contribution is 0.321. The Morgan fingerprint density at radius 1 is 0.947 bits per heavy atom. The Bertz CT molecular complexity index is 482. The monoisotopic (exact) mass is 255 g/mol. The van der Waals surface area contributed by atoms with E-state index >= 15 is 0 Å². The van der Waals surface area contributed by atoms with Crippen molar-refractivity contribution in [3.63, 3.8) is 0 Å². The maximum Gasteiger partial charge on any atom is 0.119 e. The third kappa shape index (κ3) is 4.76. The number of ether oxygens (including phenoxy) is 1. The first-order valence-electron chi connectivity index (χ1n) is 6.85. The van der Waals surface area contributed by atoms with Crippen LogP contribution in [0.15, 0.2) is 54.6 Å². The van der Waals surface area contributed by atoms with Crippen LogP contribution in [0.3, 0.4) is 0 Å². The molecule has 2 rings (SSSR count). The normalized spacial score (nSPS) is 10.4. The van der Waals surface area contributed by atoms with Crippen molar-refractivity contribution in [3.8, 4) is 5.75 Å². The van der Waals surface area contributed by atoms with Gasteiger partial charge in [0.2, 0.25) is 0 Å². The lowest BCUT2D eigenvalue weighted by Gasteiger charge is -2.08. The van der Waals surface area contributed by atoms with Crippen LogP contribution in [-0.2, 0) is 13.0 Å². The molecule has 0 bridgehead atoms. The van der Waals surface area contributed by atoms with E-state index in [4.69, 9.17) is 4.74 Å². The highest BCUT2D eigenvalue weighted by atomic mass is 16.5. The SMILES string of the molecule is CCNCc1cccc(OCCc2ccccc2)c1. The summed E-state index contributed by atoms with van der Waals surface area (Å²) in [5.74, 6) is 0.950. The van der Waals surface area contributed by atoms with Gasteiger partial charge in [0.1, 0.15) is 5.75 Å². The van der Waals surface area contributed by atoms with E-state index in [-0.39, 0.29) is 0 Å². The fourth-order valence-electron chi connectivity index (χ4n) is 1.95. The van der Waals surface area contributed by atoms with Crippen LogP contribution in [0.2, 0.25) is 0 Å². The largest absolute Gasteiger partial charge is 0.493 e. The zero-order valence-electron chi connectivity index (χ0n) is 11.4. The quantitative estimate of drug-likeness (QED) is 0.818. The molecule has 0 heterocycles. The fraction of sp³-hybridized carbons (Fsp3) is 0.294. The third-order valence-electron chi connectivity index (χ3n) is 2.98. The molecule has 2 nitrogen and oxygen atoms in total. The zero-order chi connectivity index (χ0) is 13.3. The average Bonchev–Trinajstić information content (AvgIpc) is 2.47.